The number of para-hydroxylation sites is 1. The van der Waals surface area contributed by atoms with E-state index in [0.717, 1.165) is 5.56 Å². The van der Waals surface area contributed by atoms with E-state index >= 15 is 0 Å². The molecule has 138 valence electrons. The van der Waals surface area contributed by atoms with Crippen LogP contribution in [-0.2, 0) is 16.1 Å². The second kappa shape index (κ2) is 9.10. The molecule has 0 bridgehead atoms. The highest BCUT2D eigenvalue weighted by Crippen LogP contribution is 2.24. The van der Waals surface area contributed by atoms with Crippen LogP contribution in [0.2, 0.25) is 5.02 Å². The van der Waals surface area contributed by atoms with Crippen molar-refractivity contribution in [2.24, 2.45) is 0 Å². The molecule has 0 aliphatic rings. The molecule has 26 heavy (non-hydrogen) atoms. The maximum Gasteiger partial charge on any atom is 0.342 e. The fourth-order valence-corrected chi connectivity index (χ4v) is 2.46. The van der Waals surface area contributed by atoms with Crippen molar-refractivity contribution in [1.82, 2.24) is 5.32 Å². The van der Waals surface area contributed by atoms with Crippen LogP contribution in [0.3, 0.4) is 0 Å². The SMILES string of the molecule is COc1ccccc1CNC(=O)C(C)OC(=O)c1cc(Cl)ccc1OC. The summed E-state index contributed by atoms with van der Waals surface area (Å²) >= 11 is 5.91. The fraction of sp³-hybridized carbons (Fsp3) is 0.263. The Labute approximate surface area is 157 Å². The summed E-state index contributed by atoms with van der Waals surface area (Å²) in [7, 11) is 2.99. The van der Waals surface area contributed by atoms with Gasteiger partial charge in [-0.25, -0.2) is 4.79 Å². The molecule has 0 aliphatic carbocycles. The van der Waals surface area contributed by atoms with Crippen LogP contribution in [-0.4, -0.2) is 32.2 Å². The van der Waals surface area contributed by atoms with Crippen LogP contribution in [0, 0.1) is 0 Å². The molecule has 0 aromatic heterocycles. The topological polar surface area (TPSA) is 73.9 Å². The lowest BCUT2D eigenvalue weighted by atomic mass is 10.2. The van der Waals surface area contributed by atoms with Crippen molar-refractivity contribution in [3.05, 3.63) is 58.6 Å². The summed E-state index contributed by atoms with van der Waals surface area (Å²) in [6, 6.07) is 11.9. The number of benzene rings is 2. The predicted molar refractivity (Wildman–Crippen MR) is 97.7 cm³/mol. The van der Waals surface area contributed by atoms with Gasteiger partial charge in [-0.2, -0.15) is 0 Å². The minimum Gasteiger partial charge on any atom is -0.496 e. The number of rotatable bonds is 7. The molecule has 0 spiro atoms. The van der Waals surface area contributed by atoms with Gasteiger partial charge >= 0.3 is 5.97 Å². The highest BCUT2D eigenvalue weighted by molar-refractivity contribution is 6.31. The molecule has 0 aliphatic heterocycles. The van der Waals surface area contributed by atoms with Crippen molar-refractivity contribution in [2.45, 2.75) is 19.6 Å². The molecule has 1 unspecified atom stereocenters. The molecule has 0 radical (unpaired) electrons. The third kappa shape index (κ3) is 4.89. The zero-order valence-electron chi connectivity index (χ0n) is 14.7. The van der Waals surface area contributed by atoms with Crippen molar-refractivity contribution in [3.63, 3.8) is 0 Å². The summed E-state index contributed by atoms with van der Waals surface area (Å²) in [5, 5.41) is 3.08. The van der Waals surface area contributed by atoms with Crippen molar-refractivity contribution in [1.29, 1.82) is 0 Å². The van der Waals surface area contributed by atoms with Gasteiger partial charge < -0.3 is 19.5 Å². The van der Waals surface area contributed by atoms with Gasteiger partial charge in [-0.3, -0.25) is 4.79 Å². The van der Waals surface area contributed by atoms with Crippen LogP contribution < -0.4 is 14.8 Å². The molecule has 6 nitrogen and oxygen atoms in total. The van der Waals surface area contributed by atoms with Crippen LogP contribution in [0.4, 0.5) is 0 Å². The average molecular weight is 378 g/mol. The molecule has 1 amide bonds. The van der Waals surface area contributed by atoms with Crippen LogP contribution in [0.5, 0.6) is 11.5 Å². The number of carbonyl (C=O) groups excluding carboxylic acids is 2. The Balaban J connectivity index is 1.98. The first-order chi connectivity index (χ1) is 12.5. The summed E-state index contributed by atoms with van der Waals surface area (Å²) in [5.74, 6) is -0.128. The molecule has 0 fully saturated rings. The lowest BCUT2D eigenvalue weighted by Gasteiger charge is -2.15. The maximum absolute atomic E-state index is 12.3. The zero-order valence-corrected chi connectivity index (χ0v) is 15.5. The normalized spacial score (nSPS) is 11.4. The number of ether oxygens (including phenoxy) is 3. The molecule has 1 atom stereocenters. The number of hydrogen-bond donors (Lipinski definition) is 1. The largest absolute Gasteiger partial charge is 0.496 e. The lowest BCUT2D eigenvalue weighted by molar-refractivity contribution is -0.129. The van der Waals surface area contributed by atoms with Gasteiger partial charge in [-0.15, -0.1) is 0 Å². The molecule has 2 aromatic carbocycles. The van der Waals surface area contributed by atoms with E-state index in [-0.39, 0.29) is 12.1 Å². The minimum atomic E-state index is -0.985. The van der Waals surface area contributed by atoms with E-state index in [4.69, 9.17) is 25.8 Å². The molecule has 1 N–H and O–H groups in total. The van der Waals surface area contributed by atoms with Gasteiger partial charge in [-0.05, 0) is 31.2 Å². The van der Waals surface area contributed by atoms with Crippen molar-refractivity contribution in [3.8, 4) is 11.5 Å². The highest BCUT2D eigenvalue weighted by atomic mass is 35.5. The number of carbonyl (C=O) groups is 2. The average Bonchev–Trinajstić information content (AvgIpc) is 2.66. The van der Waals surface area contributed by atoms with Crippen LogP contribution in [0.15, 0.2) is 42.5 Å². The second-order valence-electron chi connectivity index (χ2n) is 5.42. The summed E-state index contributed by atoms with van der Waals surface area (Å²) < 4.78 is 15.6. The summed E-state index contributed by atoms with van der Waals surface area (Å²) in [6.45, 7) is 1.75. The number of methoxy groups -OCH3 is 2. The van der Waals surface area contributed by atoms with E-state index in [0.29, 0.717) is 16.5 Å². The molecule has 0 heterocycles. The minimum absolute atomic E-state index is 0.157. The van der Waals surface area contributed by atoms with Gasteiger partial charge in [-0.1, -0.05) is 29.8 Å². The monoisotopic (exact) mass is 377 g/mol. The Kier molecular flexibility index (Phi) is 6.86. The van der Waals surface area contributed by atoms with Gasteiger partial charge in [0.05, 0.1) is 14.2 Å². The van der Waals surface area contributed by atoms with Crippen molar-refractivity contribution >= 4 is 23.5 Å². The number of esters is 1. The standard InChI is InChI=1S/C19H20ClNO5/c1-12(18(22)21-11-13-6-4-5-7-16(13)24-2)26-19(23)15-10-14(20)8-9-17(15)25-3/h4-10,12H,11H2,1-3H3,(H,21,22). The first kappa shape index (κ1) is 19.6. The fourth-order valence-electron chi connectivity index (χ4n) is 2.29. The van der Waals surface area contributed by atoms with Gasteiger partial charge in [0.15, 0.2) is 6.10 Å². The van der Waals surface area contributed by atoms with Crippen LogP contribution in [0.1, 0.15) is 22.8 Å². The van der Waals surface area contributed by atoms with Crippen molar-refractivity contribution < 1.29 is 23.8 Å². The first-order valence-electron chi connectivity index (χ1n) is 7.90. The van der Waals surface area contributed by atoms with Crippen LogP contribution >= 0.6 is 11.6 Å². The van der Waals surface area contributed by atoms with Crippen LogP contribution in [0.25, 0.3) is 0 Å². The van der Waals surface area contributed by atoms with E-state index in [1.165, 1.54) is 20.1 Å². The highest BCUT2D eigenvalue weighted by Gasteiger charge is 2.21. The molecule has 0 saturated heterocycles. The van der Waals surface area contributed by atoms with Gasteiger partial charge in [0.1, 0.15) is 17.1 Å². The number of nitrogens with one attached hydrogen (secondary N) is 1. The quantitative estimate of drug-likeness (QED) is 0.750. The lowest BCUT2D eigenvalue weighted by Crippen LogP contribution is -2.35. The second-order valence-corrected chi connectivity index (χ2v) is 5.86. The molecule has 2 aromatic rings. The Morgan fingerprint density at radius 3 is 2.46 bits per heavy atom. The third-order valence-electron chi connectivity index (χ3n) is 3.68. The Morgan fingerprint density at radius 1 is 1.08 bits per heavy atom. The van der Waals surface area contributed by atoms with E-state index in [2.05, 4.69) is 5.32 Å². The summed E-state index contributed by atoms with van der Waals surface area (Å²) in [5.41, 5.74) is 0.975. The maximum atomic E-state index is 12.3. The van der Waals surface area contributed by atoms with E-state index < -0.39 is 18.0 Å². The molecule has 2 rings (SSSR count). The van der Waals surface area contributed by atoms with E-state index in [1.807, 2.05) is 18.2 Å². The third-order valence-corrected chi connectivity index (χ3v) is 3.92. The van der Waals surface area contributed by atoms with Gasteiger partial charge in [0.2, 0.25) is 0 Å². The summed E-state index contributed by atoms with van der Waals surface area (Å²) in [6.07, 6.45) is -0.985. The zero-order chi connectivity index (χ0) is 19.1. The van der Waals surface area contributed by atoms with E-state index in [9.17, 15) is 9.59 Å². The van der Waals surface area contributed by atoms with E-state index in [1.54, 1.807) is 25.3 Å². The Morgan fingerprint density at radius 2 is 1.77 bits per heavy atom. The number of amides is 1. The molecular formula is C19H20ClNO5. The smallest absolute Gasteiger partial charge is 0.342 e. The Hall–Kier alpha value is -2.73. The van der Waals surface area contributed by atoms with Gasteiger partial charge in [0, 0.05) is 17.1 Å². The Bertz CT molecular complexity index is 793. The molecule has 7 heteroatoms. The summed E-state index contributed by atoms with van der Waals surface area (Å²) in [4.78, 5) is 24.5. The molecule has 0 saturated carbocycles. The number of halogens is 1. The molecular weight excluding hydrogens is 358 g/mol. The first-order valence-corrected chi connectivity index (χ1v) is 8.28. The number of hydrogen-bond acceptors (Lipinski definition) is 5. The predicted octanol–water partition coefficient (Wildman–Crippen LogP) is 3.22. The van der Waals surface area contributed by atoms with Gasteiger partial charge in [0.25, 0.3) is 5.91 Å². The van der Waals surface area contributed by atoms with Crippen molar-refractivity contribution in [2.75, 3.05) is 14.2 Å².